The molecule has 1 unspecified atom stereocenters. The maximum Gasteiger partial charge on any atom is 0.306 e. The zero-order valence-corrected chi connectivity index (χ0v) is 10.9. The van der Waals surface area contributed by atoms with Crippen LogP contribution in [0.25, 0.3) is 0 Å². The molecule has 0 aliphatic rings. The lowest BCUT2D eigenvalue weighted by atomic mass is 10.0. The van der Waals surface area contributed by atoms with Crippen molar-refractivity contribution < 1.29 is 15.0 Å². The van der Waals surface area contributed by atoms with Crippen LogP contribution in [0.4, 0.5) is 5.69 Å². The molecule has 0 bridgehead atoms. The van der Waals surface area contributed by atoms with E-state index in [-0.39, 0.29) is 13.0 Å². The highest BCUT2D eigenvalue weighted by Crippen LogP contribution is 2.13. The summed E-state index contributed by atoms with van der Waals surface area (Å²) in [5.41, 5.74) is 2.17. The Morgan fingerprint density at radius 2 is 1.89 bits per heavy atom. The molecule has 18 heavy (non-hydrogen) atoms. The summed E-state index contributed by atoms with van der Waals surface area (Å²) in [5, 5.41) is 20.9. The van der Waals surface area contributed by atoms with Gasteiger partial charge in [0.05, 0.1) is 12.5 Å². The van der Waals surface area contributed by atoms with E-state index in [1.165, 1.54) is 5.56 Å². The van der Waals surface area contributed by atoms with Gasteiger partial charge in [-0.3, -0.25) is 4.79 Å². The number of carboxylic acids is 1. The number of hydrogen-bond acceptors (Lipinski definition) is 3. The Morgan fingerprint density at radius 3 is 2.39 bits per heavy atom. The number of rotatable bonds is 7. The first-order chi connectivity index (χ1) is 8.47. The van der Waals surface area contributed by atoms with Crippen molar-refractivity contribution in [1.82, 2.24) is 0 Å². The second-order valence-corrected chi connectivity index (χ2v) is 4.93. The van der Waals surface area contributed by atoms with E-state index < -0.39 is 12.1 Å². The Morgan fingerprint density at radius 1 is 1.28 bits per heavy atom. The molecule has 3 N–H and O–H groups in total. The van der Waals surface area contributed by atoms with Gasteiger partial charge in [0.25, 0.3) is 0 Å². The van der Waals surface area contributed by atoms with Crippen LogP contribution < -0.4 is 5.32 Å². The molecule has 0 heterocycles. The number of aliphatic hydroxyl groups is 1. The molecule has 1 aromatic carbocycles. The van der Waals surface area contributed by atoms with Gasteiger partial charge in [0.15, 0.2) is 0 Å². The minimum atomic E-state index is -0.989. The number of nitrogens with one attached hydrogen (secondary N) is 1. The number of benzene rings is 1. The average molecular weight is 251 g/mol. The molecule has 0 saturated heterocycles. The van der Waals surface area contributed by atoms with Crippen LogP contribution >= 0.6 is 0 Å². The molecular weight excluding hydrogens is 230 g/mol. The summed E-state index contributed by atoms with van der Waals surface area (Å²) < 4.78 is 0. The average Bonchev–Trinajstić information content (AvgIpc) is 2.26. The van der Waals surface area contributed by atoms with Crippen LogP contribution in [0.2, 0.25) is 0 Å². The maximum atomic E-state index is 10.4. The fourth-order valence-corrected chi connectivity index (χ4v) is 1.74. The van der Waals surface area contributed by atoms with Crippen LogP contribution in [-0.2, 0) is 11.2 Å². The van der Waals surface area contributed by atoms with Crippen molar-refractivity contribution in [2.45, 2.75) is 32.8 Å². The Bertz CT molecular complexity index is 373. The predicted octanol–water partition coefficient (Wildman–Crippen LogP) is 2.13. The summed E-state index contributed by atoms with van der Waals surface area (Å²) in [5.74, 6) is -0.363. The highest BCUT2D eigenvalue weighted by Gasteiger charge is 2.08. The summed E-state index contributed by atoms with van der Waals surface area (Å²) in [7, 11) is 0. The van der Waals surface area contributed by atoms with Gasteiger partial charge in [0.2, 0.25) is 0 Å². The Balaban J connectivity index is 2.41. The van der Waals surface area contributed by atoms with Gasteiger partial charge in [-0.25, -0.2) is 0 Å². The zero-order chi connectivity index (χ0) is 13.5. The molecule has 0 aromatic heterocycles. The summed E-state index contributed by atoms with van der Waals surface area (Å²) in [4.78, 5) is 10.4. The molecule has 0 aliphatic carbocycles. The first-order valence-electron chi connectivity index (χ1n) is 6.20. The fourth-order valence-electron chi connectivity index (χ4n) is 1.74. The van der Waals surface area contributed by atoms with Crippen molar-refractivity contribution in [2.24, 2.45) is 5.92 Å². The van der Waals surface area contributed by atoms with E-state index in [1.54, 1.807) is 0 Å². The quantitative estimate of drug-likeness (QED) is 0.694. The van der Waals surface area contributed by atoms with Crippen LogP contribution in [-0.4, -0.2) is 28.8 Å². The van der Waals surface area contributed by atoms with E-state index in [1.807, 2.05) is 24.3 Å². The van der Waals surface area contributed by atoms with Crippen LogP contribution in [0.1, 0.15) is 25.8 Å². The lowest BCUT2D eigenvalue weighted by Crippen LogP contribution is -2.22. The van der Waals surface area contributed by atoms with Crippen LogP contribution in [0.3, 0.4) is 0 Å². The standard InChI is InChI=1S/C14H21NO3/c1-10(2)7-11-3-5-12(6-4-11)15-9-13(16)8-14(17)18/h3-6,10,13,15-16H,7-9H2,1-2H3,(H,17,18). The van der Waals surface area contributed by atoms with Crippen molar-refractivity contribution >= 4 is 11.7 Å². The lowest BCUT2D eigenvalue weighted by Gasteiger charge is -2.11. The monoisotopic (exact) mass is 251 g/mol. The minimum Gasteiger partial charge on any atom is -0.481 e. The van der Waals surface area contributed by atoms with E-state index in [4.69, 9.17) is 5.11 Å². The molecular formula is C14H21NO3. The molecule has 0 aliphatic heterocycles. The number of aliphatic hydroxyl groups excluding tert-OH is 1. The topological polar surface area (TPSA) is 69.6 Å². The van der Waals surface area contributed by atoms with Crippen molar-refractivity contribution in [3.05, 3.63) is 29.8 Å². The molecule has 4 heteroatoms. The van der Waals surface area contributed by atoms with E-state index >= 15 is 0 Å². The molecule has 0 spiro atoms. The van der Waals surface area contributed by atoms with Gasteiger partial charge >= 0.3 is 5.97 Å². The molecule has 0 fully saturated rings. The third-order valence-corrected chi connectivity index (χ3v) is 2.55. The van der Waals surface area contributed by atoms with Gasteiger partial charge in [0.1, 0.15) is 0 Å². The molecule has 0 saturated carbocycles. The molecule has 0 amide bonds. The largest absolute Gasteiger partial charge is 0.481 e. The summed E-state index contributed by atoms with van der Waals surface area (Å²) >= 11 is 0. The van der Waals surface area contributed by atoms with Crippen molar-refractivity contribution in [2.75, 3.05) is 11.9 Å². The number of hydrogen-bond donors (Lipinski definition) is 3. The predicted molar refractivity (Wildman–Crippen MR) is 71.7 cm³/mol. The van der Waals surface area contributed by atoms with Gasteiger partial charge in [-0.1, -0.05) is 26.0 Å². The second-order valence-electron chi connectivity index (χ2n) is 4.93. The minimum absolute atomic E-state index is 0.238. The van der Waals surface area contributed by atoms with E-state index in [0.717, 1.165) is 12.1 Å². The summed E-state index contributed by atoms with van der Waals surface area (Å²) in [6.45, 7) is 4.60. The zero-order valence-electron chi connectivity index (χ0n) is 10.9. The number of aliphatic carboxylic acids is 1. The first-order valence-corrected chi connectivity index (χ1v) is 6.20. The molecule has 1 rings (SSSR count). The van der Waals surface area contributed by atoms with E-state index in [2.05, 4.69) is 19.2 Å². The first kappa shape index (κ1) is 14.5. The summed E-state index contributed by atoms with van der Waals surface area (Å²) in [6.07, 6.45) is -0.0572. The SMILES string of the molecule is CC(C)Cc1ccc(NCC(O)CC(=O)O)cc1. The highest BCUT2D eigenvalue weighted by molar-refractivity contribution is 5.67. The van der Waals surface area contributed by atoms with Gasteiger partial charge in [-0.15, -0.1) is 0 Å². The molecule has 1 atom stereocenters. The Kier molecular flexibility index (Phi) is 5.65. The number of carboxylic acid groups (broad SMARTS) is 1. The Hall–Kier alpha value is -1.55. The van der Waals surface area contributed by atoms with Crippen LogP contribution in [0.5, 0.6) is 0 Å². The third kappa shape index (κ3) is 5.68. The van der Waals surface area contributed by atoms with E-state index in [9.17, 15) is 9.90 Å². The lowest BCUT2D eigenvalue weighted by molar-refractivity contribution is -0.138. The van der Waals surface area contributed by atoms with Gasteiger partial charge < -0.3 is 15.5 Å². The van der Waals surface area contributed by atoms with Crippen LogP contribution in [0.15, 0.2) is 24.3 Å². The van der Waals surface area contributed by atoms with Gasteiger partial charge in [-0.05, 0) is 30.0 Å². The van der Waals surface area contributed by atoms with Crippen molar-refractivity contribution in [3.8, 4) is 0 Å². The van der Waals surface area contributed by atoms with Crippen LogP contribution in [0, 0.1) is 5.92 Å². The number of carbonyl (C=O) groups is 1. The second kappa shape index (κ2) is 7.01. The van der Waals surface area contributed by atoms with Crippen molar-refractivity contribution in [1.29, 1.82) is 0 Å². The smallest absolute Gasteiger partial charge is 0.306 e. The Labute approximate surface area is 108 Å². The van der Waals surface area contributed by atoms with Crippen molar-refractivity contribution in [3.63, 3.8) is 0 Å². The fraction of sp³-hybridized carbons (Fsp3) is 0.500. The summed E-state index contributed by atoms with van der Waals surface area (Å²) in [6, 6.07) is 7.99. The molecule has 0 radical (unpaired) electrons. The third-order valence-electron chi connectivity index (χ3n) is 2.55. The highest BCUT2D eigenvalue weighted by atomic mass is 16.4. The van der Waals surface area contributed by atoms with E-state index in [0.29, 0.717) is 5.92 Å². The normalized spacial score (nSPS) is 12.4. The number of anilines is 1. The molecule has 1 aromatic rings. The maximum absolute atomic E-state index is 10.4. The molecule has 100 valence electrons. The van der Waals surface area contributed by atoms with Gasteiger partial charge in [-0.2, -0.15) is 0 Å². The molecule has 4 nitrogen and oxygen atoms in total. The van der Waals surface area contributed by atoms with Gasteiger partial charge in [0, 0.05) is 12.2 Å².